The fourth-order valence-electron chi connectivity index (χ4n) is 1.84. The van der Waals surface area contributed by atoms with Crippen LogP contribution in [0.25, 0.3) is 0 Å². The van der Waals surface area contributed by atoms with Crippen LogP contribution >= 0.6 is 0 Å². The Bertz CT molecular complexity index is 769. The van der Waals surface area contributed by atoms with Gasteiger partial charge in [0.25, 0.3) is 0 Å². The van der Waals surface area contributed by atoms with E-state index in [4.69, 9.17) is 35.6 Å². The molecule has 3 atom stereocenters. The summed E-state index contributed by atoms with van der Waals surface area (Å²) in [4.78, 5) is 35.8. The molecule has 0 saturated carbocycles. The quantitative estimate of drug-likeness (QED) is 0.539. The third-order valence-electron chi connectivity index (χ3n) is 3.49. The summed E-state index contributed by atoms with van der Waals surface area (Å²) in [5.41, 5.74) is 10.6. The van der Waals surface area contributed by atoms with Gasteiger partial charge in [-0.25, -0.2) is 9.59 Å². The zero-order valence-corrected chi connectivity index (χ0v) is 15.5. The molecule has 164 valence electrons. The highest BCUT2D eigenvalue weighted by molar-refractivity contribution is 5.75. The Kier molecular flexibility index (Phi) is 8.54. The molecule has 14 heteroatoms. The van der Waals surface area contributed by atoms with Crippen molar-refractivity contribution in [3.63, 3.8) is 0 Å². The maximum absolute atomic E-state index is 11.7. The lowest BCUT2D eigenvalue weighted by atomic mass is 10.1. The number of aromatic nitrogens is 2. The molecule has 2 heterocycles. The molecule has 1 aromatic rings. The molecule has 3 unspecified atom stereocenters. The van der Waals surface area contributed by atoms with Crippen LogP contribution in [0.4, 0.5) is 19.0 Å². The summed E-state index contributed by atoms with van der Waals surface area (Å²) in [6.45, 7) is 3.70. The Morgan fingerprint density at radius 2 is 2.03 bits per heavy atom. The highest BCUT2D eigenvalue weighted by atomic mass is 19.4. The lowest BCUT2D eigenvalue weighted by Gasteiger charge is -2.17. The first-order chi connectivity index (χ1) is 13.3. The minimum absolute atomic E-state index is 0.0231. The van der Waals surface area contributed by atoms with E-state index in [0.29, 0.717) is 0 Å². The summed E-state index contributed by atoms with van der Waals surface area (Å²) in [5, 5.41) is 7.12. The third kappa shape index (κ3) is 7.67. The summed E-state index contributed by atoms with van der Waals surface area (Å²) in [5.74, 6) is -3.16. The molecule has 1 aliphatic rings. The van der Waals surface area contributed by atoms with Crippen molar-refractivity contribution in [1.82, 2.24) is 9.55 Å². The highest BCUT2D eigenvalue weighted by Crippen LogP contribution is 2.20. The number of esters is 1. The van der Waals surface area contributed by atoms with Gasteiger partial charge >= 0.3 is 23.8 Å². The second-order valence-electron chi connectivity index (χ2n) is 6.10. The number of nitrogen functional groups attached to an aromatic ring is 1. The Hall–Kier alpha value is -2.71. The summed E-state index contributed by atoms with van der Waals surface area (Å²) in [7, 11) is 0. The summed E-state index contributed by atoms with van der Waals surface area (Å²) in [6, 6.07) is 0.792. The van der Waals surface area contributed by atoms with Gasteiger partial charge in [0, 0.05) is 6.20 Å². The monoisotopic (exact) mass is 426 g/mol. The number of rotatable bonds is 5. The molecule has 0 bridgehead atoms. The van der Waals surface area contributed by atoms with E-state index in [1.165, 1.54) is 16.8 Å². The van der Waals surface area contributed by atoms with Crippen LogP contribution in [-0.4, -0.2) is 58.3 Å². The van der Waals surface area contributed by atoms with Crippen molar-refractivity contribution in [3.8, 4) is 0 Å². The zero-order valence-electron chi connectivity index (χ0n) is 15.5. The summed E-state index contributed by atoms with van der Waals surface area (Å²) >= 11 is 0. The average Bonchev–Trinajstić information content (AvgIpc) is 3.07. The number of anilines is 1. The third-order valence-corrected chi connectivity index (χ3v) is 3.49. The van der Waals surface area contributed by atoms with Crippen LogP contribution in [0.1, 0.15) is 20.1 Å². The van der Waals surface area contributed by atoms with Gasteiger partial charge in [0.1, 0.15) is 18.5 Å². The van der Waals surface area contributed by atoms with Crippen molar-refractivity contribution in [3.05, 3.63) is 22.7 Å². The SMILES string of the molecule is CC(C)C(N)C(=O)OCC1OCC(n2ccc(N)nc2=O)O1.O=C(O)C(F)(F)F. The van der Waals surface area contributed by atoms with Crippen molar-refractivity contribution in [2.24, 2.45) is 11.7 Å². The fourth-order valence-corrected chi connectivity index (χ4v) is 1.84. The first-order valence-corrected chi connectivity index (χ1v) is 8.17. The lowest BCUT2D eigenvalue weighted by molar-refractivity contribution is -0.192. The number of carboxylic acid groups (broad SMARTS) is 1. The lowest BCUT2D eigenvalue weighted by Crippen LogP contribution is -2.38. The van der Waals surface area contributed by atoms with E-state index >= 15 is 0 Å². The first-order valence-electron chi connectivity index (χ1n) is 8.17. The van der Waals surface area contributed by atoms with Crippen molar-refractivity contribution >= 4 is 17.8 Å². The van der Waals surface area contributed by atoms with Crippen molar-refractivity contribution in [2.75, 3.05) is 18.9 Å². The second kappa shape index (κ2) is 10.2. The topological polar surface area (TPSA) is 169 Å². The van der Waals surface area contributed by atoms with E-state index in [-0.39, 0.29) is 24.9 Å². The number of aliphatic carboxylic acids is 1. The van der Waals surface area contributed by atoms with Gasteiger partial charge in [-0.1, -0.05) is 13.8 Å². The van der Waals surface area contributed by atoms with Crippen molar-refractivity contribution in [2.45, 2.75) is 38.6 Å². The van der Waals surface area contributed by atoms with Gasteiger partial charge in [0.05, 0.1) is 6.61 Å². The number of carbonyl (C=O) groups excluding carboxylic acids is 1. The normalized spacial score (nSPS) is 20.0. The average molecular weight is 426 g/mol. The predicted octanol–water partition coefficient (Wildman–Crippen LogP) is -0.143. The number of carboxylic acids is 1. The fraction of sp³-hybridized carbons (Fsp3) is 0.600. The molecule has 1 aliphatic heterocycles. The van der Waals surface area contributed by atoms with Crippen LogP contribution in [0, 0.1) is 5.92 Å². The standard InChI is InChI=1S/C13H20N4O5.C2HF3O2/c1-7(2)11(15)12(18)21-6-10-20-5-9(22-10)17-4-3-8(14)16-13(17)19;3-2(4,5)1(6)7/h3-4,7,9-11H,5-6,15H2,1-2H3,(H2,14,16,19);(H,6,7). The Morgan fingerprint density at radius 1 is 1.45 bits per heavy atom. The molecule has 1 aromatic heterocycles. The van der Waals surface area contributed by atoms with Gasteiger partial charge < -0.3 is 30.8 Å². The van der Waals surface area contributed by atoms with E-state index in [1.807, 2.05) is 13.8 Å². The molecular weight excluding hydrogens is 405 g/mol. The van der Waals surface area contributed by atoms with E-state index in [0.717, 1.165) is 0 Å². The molecule has 0 spiro atoms. The van der Waals surface area contributed by atoms with Gasteiger partial charge in [-0.3, -0.25) is 9.36 Å². The van der Waals surface area contributed by atoms with Crippen LogP contribution in [0.5, 0.6) is 0 Å². The second-order valence-corrected chi connectivity index (χ2v) is 6.10. The number of carbonyl (C=O) groups is 2. The van der Waals surface area contributed by atoms with Crippen LogP contribution in [0.3, 0.4) is 0 Å². The van der Waals surface area contributed by atoms with E-state index in [9.17, 15) is 22.8 Å². The Labute approximate surface area is 162 Å². The Morgan fingerprint density at radius 3 is 2.52 bits per heavy atom. The number of ether oxygens (including phenoxy) is 3. The number of halogens is 3. The van der Waals surface area contributed by atoms with E-state index < -0.39 is 42.4 Å². The minimum Gasteiger partial charge on any atom is -0.475 e. The molecule has 0 aliphatic carbocycles. The number of nitrogens with two attached hydrogens (primary N) is 2. The minimum atomic E-state index is -5.08. The van der Waals surface area contributed by atoms with Gasteiger partial charge in [-0.2, -0.15) is 18.2 Å². The molecule has 2 rings (SSSR count). The molecule has 1 saturated heterocycles. The maximum atomic E-state index is 11.7. The Balaban J connectivity index is 0.000000516. The number of hydrogen-bond acceptors (Lipinski definition) is 9. The maximum Gasteiger partial charge on any atom is 0.490 e. The van der Waals surface area contributed by atoms with Gasteiger partial charge in [0.15, 0.2) is 12.5 Å². The molecule has 0 amide bonds. The van der Waals surface area contributed by atoms with E-state index in [2.05, 4.69) is 4.98 Å². The first kappa shape index (κ1) is 24.3. The molecule has 5 N–H and O–H groups in total. The van der Waals surface area contributed by atoms with Crippen LogP contribution < -0.4 is 17.2 Å². The van der Waals surface area contributed by atoms with Gasteiger partial charge in [-0.15, -0.1) is 0 Å². The molecule has 1 fully saturated rings. The largest absolute Gasteiger partial charge is 0.490 e. The molecule has 0 aromatic carbocycles. The smallest absolute Gasteiger partial charge is 0.475 e. The van der Waals surface area contributed by atoms with Crippen LogP contribution in [0.2, 0.25) is 0 Å². The number of alkyl halides is 3. The zero-order chi connectivity index (χ0) is 22.4. The van der Waals surface area contributed by atoms with Crippen molar-refractivity contribution < 1.29 is 42.1 Å². The number of hydrogen-bond donors (Lipinski definition) is 3. The summed E-state index contributed by atoms with van der Waals surface area (Å²) < 4.78 is 48.9. The highest BCUT2D eigenvalue weighted by Gasteiger charge is 2.38. The molecule has 11 nitrogen and oxygen atoms in total. The molecule has 0 radical (unpaired) electrons. The van der Waals surface area contributed by atoms with Gasteiger partial charge in [-0.05, 0) is 12.0 Å². The van der Waals surface area contributed by atoms with Gasteiger partial charge in [0.2, 0.25) is 0 Å². The van der Waals surface area contributed by atoms with E-state index in [1.54, 1.807) is 0 Å². The van der Waals surface area contributed by atoms with Crippen molar-refractivity contribution in [1.29, 1.82) is 0 Å². The molecular formula is C15H21F3N4O7. The molecule has 29 heavy (non-hydrogen) atoms. The predicted molar refractivity (Wildman–Crippen MR) is 90.2 cm³/mol. The van der Waals surface area contributed by atoms with Crippen LogP contribution in [-0.2, 0) is 23.8 Å². The van der Waals surface area contributed by atoms with Crippen LogP contribution in [0.15, 0.2) is 17.1 Å². The summed E-state index contributed by atoms with van der Waals surface area (Å²) in [6.07, 6.45) is -5.00. The number of nitrogens with zero attached hydrogens (tertiary/aromatic N) is 2.